The van der Waals surface area contributed by atoms with E-state index in [4.69, 9.17) is 5.73 Å². The lowest BCUT2D eigenvalue weighted by Gasteiger charge is -2.13. The lowest BCUT2D eigenvalue weighted by Crippen LogP contribution is -1.99. The molecule has 0 spiro atoms. The Bertz CT molecular complexity index is 520. The molecule has 0 fully saturated rings. The molecule has 0 aromatic heterocycles. The summed E-state index contributed by atoms with van der Waals surface area (Å²) in [4.78, 5) is 0. The summed E-state index contributed by atoms with van der Waals surface area (Å²) >= 11 is 0. The molecular weight excluding hydrogens is 218 g/mol. The van der Waals surface area contributed by atoms with Gasteiger partial charge in [0.25, 0.3) is 0 Å². The van der Waals surface area contributed by atoms with E-state index in [-0.39, 0.29) is 0 Å². The molecule has 0 saturated carbocycles. The second-order valence-corrected chi connectivity index (χ2v) is 4.48. The third kappa shape index (κ3) is 2.52. The van der Waals surface area contributed by atoms with Crippen molar-refractivity contribution in [2.45, 2.75) is 13.8 Å². The van der Waals surface area contributed by atoms with Gasteiger partial charge in [0.15, 0.2) is 0 Å². The summed E-state index contributed by atoms with van der Waals surface area (Å²) in [6.07, 6.45) is 2.10. The van der Waals surface area contributed by atoms with E-state index >= 15 is 0 Å². The third-order valence-electron chi connectivity index (χ3n) is 3.19. The molecule has 18 heavy (non-hydrogen) atoms. The Labute approximate surface area is 109 Å². The second kappa shape index (κ2) is 5.65. The van der Waals surface area contributed by atoms with Gasteiger partial charge >= 0.3 is 0 Å². The number of hydrogen-bond acceptors (Lipinski definition) is 1. The van der Waals surface area contributed by atoms with E-state index in [0.717, 1.165) is 0 Å². The molecule has 0 radical (unpaired) electrons. The van der Waals surface area contributed by atoms with Crippen molar-refractivity contribution in [2.75, 3.05) is 6.54 Å². The molecule has 0 aliphatic heterocycles. The minimum atomic E-state index is 0.554. The molecule has 2 aromatic rings. The highest BCUT2D eigenvalue weighted by molar-refractivity contribution is 5.82. The van der Waals surface area contributed by atoms with Crippen LogP contribution in [0.15, 0.2) is 54.6 Å². The highest BCUT2D eigenvalue weighted by atomic mass is 14.5. The number of hydrogen-bond donors (Lipinski definition) is 1. The van der Waals surface area contributed by atoms with Gasteiger partial charge in [-0.25, -0.2) is 0 Å². The maximum atomic E-state index is 5.73. The molecule has 0 aliphatic carbocycles. The first-order chi connectivity index (χ1) is 8.74. The molecule has 0 bridgehead atoms. The van der Waals surface area contributed by atoms with Gasteiger partial charge in [-0.1, -0.05) is 54.6 Å². The number of benzene rings is 2. The van der Waals surface area contributed by atoms with Gasteiger partial charge in [-0.3, -0.25) is 0 Å². The monoisotopic (exact) mass is 237 g/mol. The fourth-order valence-electron chi connectivity index (χ4n) is 2.23. The summed E-state index contributed by atoms with van der Waals surface area (Å²) in [5.74, 6) is 0. The van der Waals surface area contributed by atoms with E-state index in [9.17, 15) is 0 Å². The standard InChI is InChI=1S/C17H19N/c1-13-7-3-5-9-15(13)17(11-12-18)16-10-6-4-8-14(16)2/h3-11H,12,18H2,1-2H3. The third-order valence-corrected chi connectivity index (χ3v) is 3.19. The van der Waals surface area contributed by atoms with Crippen LogP contribution in [-0.4, -0.2) is 6.54 Å². The van der Waals surface area contributed by atoms with E-state index in [1.54, 1.807) is 0 Å². The molecule has 0 saturated heterocycles. The van der Waals surface area contributed by atoms with Crippen LogP contribution in [-0.2, 0) is 0 Å². The van der Waals surface area contributed by atoms with E-state index in [0.29, 0.717) is 6.54 Å². The molecule has 2 aromatic carbocycles. The van der Waals surface area contributed by atoms with Crippen molar-refractivity contribution in [1.29, 1.82) is 0 Å². The van der Waals surface area contributed by atoms with E-state index in [1.165, 1.54) is 27.8 Å². The lowest BCUT2D eigenvalue weighted by molar-refractivity contribution is 1.25. The van der Waals surface area contributed by atoms with Crippen molar-refractivity contribution in [3.8, 4) is 0 Å². The number of nitrogens with two attached hydrogens (primary N) is 1. The minimum Gasteiger partial charge on any atom is -0.327 e. The van der Waals surface area contributed by atoms with Crippen LogP contribution in [0.2, 0.25) is 0 Å². The van der Waals surface area contributed by atoms with E-state index < -0.39 is 0 Å². The lowest BCUT2D eigenvalue weighted by atomic mass is 9.91. The molecule has 2 rings (SSSR count). The second-order valence-electron chi connectivity index (χ2n) is 4.48. The smallest absolute Gasteiger partial charge is 0.0116 e. The summed E-state index contributed by atoms with van der Waals surface area (Å²) in [6.45, 7) is 4.83. The minimum absolute atomic E-state index is 0.554. The van der Waals surface area contributed by atoms with Gasteiger partial charge in [0.2, 0.25) is 0 Å². The highest BCUT2D eigenvalue weighted by Gasteiger charge is 2.08. The predicted molar refractivity (Wildman–Crippen MR) is 78.5 cm³/mol. The number of aryl methyl sites for hydroxylation is 2. The number of rotatable bonds is 3. The first kappa shape index (κ1) is 12.6. The average molecular weight is 237 g/mol. The maximum Gasteiger partial charge on any atom is 0.0116 e. The van der Waals surface area contributed by atoms with Crippen LogP contribution in [0.3, 0.4) is 0 Å². The SMILES string of the molecule is Cc1ccccc1C(=CCN)c1ccccc1C. The summed E-state index contributed by atoms with van der Waals surface area (Å²) in [5, 5.41) is 0. The van der Waals surface area contributed by atoms with Gasteiger partial charge in [0, 0.05) is 6.54 Å². The fourth-order valence-corrected chi connectivity index (χ4v) is 2.23. The van der Waals surface area contributed by atoms with Crippen molar-refractivity contribution in [1.82, 2.24) is 0 Å². The summed E-state index contributed by atoms with van der Waals surface area (Å²) in [6, 6.07) is 16.9. The van der Waals surface area contributed by atoms with Crippen LogP contribution in [0.25, 0.3) is 5.57 Å². The fraction of sp³-hybridized carbons (Fsp3) is 0.176. The van der Waals surface area contributed by atoms with Crippen LogP contribution >= 0.6 is 0 Å². The Morgan fingerprint density at radius 3 is 1.72 bits per heavy atom. The van der Waals surface area contributed by atoms with Crippen molar-refractivity contribution in [3.63, 3.8) is 0 Å². The van der Waals surface area contributed by atoms with Crippen LogP contribution in [0, 0.1) is 13.8 Å². The summed E-state index contributed by atoms with van der Waals surface area (Å²) < 4.78 is 0. The molecule has 0 atom stereocenters. The summed E-state index contributed by atoms with van der Waals surface area (Å²) in [5.41, 5.74) is 12.0. The van der Waals surface area contributed by atoms with Crippen molar-refractivity contribution in [3.05, 3.63) is 76.9 Å². The van der Waals surface area contributed by atoms with Crippen LogP contribution in [0.5, 0.6) is 0 Å². The zero-order valence-corrected chi connectivity index (χ0v) is 11.0. The average Bonchev–Trinajstić information content (AvgIpc) is 2.38. The Morgan fingerprint density at radius 1 is 0.889 bits per heavy atom. The Hall–Kier alpha value is -1.86. The van der Waals surface area contributed by atoms with Gasteiger partial charge < -0.3 is 5.73 Å². The molecule has 0 unspecified atom stereocenters. The van der Waals surface area contributed by atoms with E-state index in [2.05, 4.69) is 68.5 Å². The van der Waals surface area contributed by atoms with Crippen molar-refractivity contribution < 1.29 is 0 Å². The molecule has 1 heteroatoms. The topological polar surface area (TPSA) is 26.0 Å². The molecule has 1 nitrogen and oxygen atoms in total. The highest BCUT2D eigenvalue weighted by Crippen LogP contribution is 2.27. The summed E-state index contributed by atoms with van der Waals surface area (Å²) in [7, 11) is 0. The first-order valence-corrected chi connectivity index (χ1v) is 6.26. The molecule has 0 aliphatic rings. The normalized spacial score (nSPS) is 10.2. The zero-order chi connectivity index (χ0) is 13.0. The first-order valence-electron chi connectivity index (χ1n) is 6.26. The predicted octanol–water partition coefficient (Wildman–Crippen LogP) is 3.69. The van der Waals surface area contributed by atoms with Gasteiger partial charge in [-0.15, -0.1) is 0 Å². The van der Waals surface area contributed by atoms with Crippen LogP contribution in [0.4, 0.5) is 0 Å². The molecule has 2 N–H and O–H groups in total. The van der Waals surface area contributed by atoms with Crippen LogP contribution < -0.4 is 5.73 Å². The van der Waals surface area contributed by atoms with Gasteiger partial charge in [-0.2, -0.15) is 0 Å². The van der Waals surface area contributed by atoms with Crippen molar-refractivity contribution in [2.24, 2.45) is 5.73 Å². The Kier molecular flexibility index (Phi) is 3.96. The Balaban J connectivity index is 2.59. The van der Waals surface area contributed by atoms with Gasteiger partial charge in [0.1, 0.15) is 0 Å². The van der Waals surface area contributed by atoms with Crippen molar-refractivity contribution >= 4 is 5.57 Å². The quantitative estimate of drug-likeness (QED) is 0.865. The molecule has 0 amide bonds. The molecule has 0 heterocycles. The van der Waals surface area contributed by atoms with E-state index in [1.807, 2.05) is 0 Å². The molecular formula is C17H19N. The zero-order valence-electron chi connectivity index (χ0n) is 11.0. The largest absolute Gasteiger partial charge is 0.327 e. The molecule has 92 valence electrons. The van der Waals surface area contributed by atoms with Crippen LogP contribution in [0.1, 0.15) is 22.3 Å². The Morgan fingerprint density at radius 2 is 1.33 bits per heavy atom. The maximum absolute atomic E-state index is 5.73. The van der Waals surface area contributed by atoms with Gasteiger partial charge in [-0.05, 0) is 41.7 Å². The van der Waals surface area contributed by atoms with Gasteiger partial charge in [0.05, 0.1) is 0 Å².